The van der Waals surface area contributed by atoms with Crippen molar-refractivity contribution in [3.63, 3.8) is 0 Å². The van der Waals surface area contributed by atoms with Gasteiger partial charge in [0.2, 0.25) is 0 Å². The Morgan fingerprint density at radius 2 is 2.06 bits per heavy atom. The number of nitrogens with zero attached hydrogens (tertiary/aromatic N) is 2. The van der Waals surface area contributed by atoms with E-state index >= 15 is 0 Å². The standard InChI is InChI=1S/C14H13N3O/c15-9-12-5-6-13(10-17-12)18-8-7-11-3-1-2-4-14(11)16/h1-6,10H,7-8,16H2. The fourth-order valence-corrected chi connectivity index (χ4v) is 1.57. The molecule has 90 valence electrons. The lowest BCUT2D eigenvalue weighted by molar-refractivity contribution is 0.321. The van der Waals surface area contributed by atoms with Gasteiger partial charge >= 0.3 is 0 Å². The summed E-state index contributed by atoms with van der Waals surface area (Å²) >= 11 is 0. The molecule has 0 aliphatic heterocycles. The minimum Gasteiger partial charge on any atom is -0.492 e. The lowest BCUT2D eigenvalue weighted by Crippen LogP contribution is -2.04. The number of aromatic nitrogens is 1. The molecule has 4 heteroatoms. The quantitative estimate of drug-likeness (QED) is 0.830. The number of hydrogen-bond donors (Lipinski definition) is 1. The molecular formula is C14H13N3O. The molecule has 0 radical (unpaired) electrons. The third-order valence-corrected chi connectivity index (χ3v) is 2.55. The zero-order chi connectivity index (χ0) is 12.8. The van der Waals surface area contributed by atoms with Crippen LogP contribution in [0.5, 0.6) is 5.75 Å². The van der Waals surface area contributed by atoms with E-state index in [-0.39, 0.29) is 0 Å². The largest absolute Gasteiger partial charge is 0.492 e. The highest BCUT2D eigenvalue weighted by atomic mass is 16.5. The highest BCUT2D eigenvalue weighted by Crippen LogP contribution is 2.13. The molecule has 0 bridgehead atoms. The molecule has 0 atom stereocenters. The Hall–Kier alpha value is -2.54. The van der Waals surface area contributed by atoms with Crippen molar-refractivity contribution in [2.75, 3.05) is 12.3 Å². The van der Waals surface area contributed by atoms with E-state index in [0.29, 0.717) is 18.1 Å². The van der Waals surface area contributed by atoms with Gasteiger partial charge in [-0.05, 0) is 23.8 Å². The predicted molar refractivity (Wildman–Crippen MR) is 69.0 cm³/mol. The molecule has 1 aromatic carbocycles. The van der Waals surface area contributed by atoms with E-state index in [9.17, 15) is 0 Å². The number of para-hydroxylation sites is 1. The summed E-state index contributed by atoms with van der Waals surface area (Å²) in [6.45, 7) is 0.530. The first-order valence-corrected chi connectivity index (χ1v) is 5.62. The first-order valence-electron chi connectivity index (χ1n) is 5.62. The van der Waals surface area contributed by atoms with Gasteiger partial charge in [-0.3, -0.25) is 0 Å². The van der Waals surface area contributed by atoms with E-state index in [1.807, 2.05) is 30.3 Å². The van der Waals surface area contributed by atoms with Crippen LogP contribution in [-0.2, 0) is 6.42 Å². The fourth-order valence-electron chi connectivity index (χ4n) is 1.57. The van der Waals surface area contributed by atoms with Gasteiger partial charge in [0.15, 0.2) is 0 Å². The van der Waals surface area contributed by atoms with Crippen LogP contribution >= 0.6 is 0 Å². The van der Waals surface area contributed by atoms with Crippen molar-refractivity contribution >= 4 is 5.69 Å². The topological polar surface area (TPSA) is 71.9 Å². The number of rotatable bonds is 4. The van der Waals surface area contributed by atoms with Gasteiger partial charge in [-0.25, -0.2) is 4.98 Å². The smallest absolute Gasteiger partial charge is 0.140 e. The van der Waals surface area contributed by atoms with E-state index in [4.69, 9.17) is 15.7 Å². The SMILES string of the molecule is N#Cc1ccc(OCCc2ccccc2N)cn1. The summed E-state index contributed by atoms with van der Waals surface area (Å²) in [5, 5.41) is 8.62. The van der Waals surface area contributed by atoms with Crippen molar-refractivity contribution in [2.24, 2.45) is 0 Å². The van der Waals surface area contributed by atoms with Crippen LogP contribution in [0.4, 0.5) is 5.69 Å². The van der Waals surface area contributed by atoms with Crippen molar-refractivity contribution in [1.82, 2.24) is 4.98 Å². The zero-order valence-corrected chi connectivity index (χ0v) is 9.84. The van der Waals surface area contributed by atoms with E-state index < -0.39 is 0 Å². The maximum atomic E-state index is 8.62. The third kappa shape index (κ3) is 2.98. The number of anilines is 1. The molecule has 2 rings (SSSR count). The lowest BCUT2D eigenvalue weighted by atomic mass is 10.1. The number of nitrogens with two attached hydrogens (primary N) is 1. The average molecular weight is 239 g/mol. The molecule has 4 nitrogen and oxygen atoms in total. The first kappa shape index (κ1) is 11.9. The second-order valence-corrected chi connectivity index (χ2v) is 3.79. The van der Waals surface area contributed by atoms with Crippen LogP contribution in [0, 0.1) is 11.3 Å². The summed E-state index contributed by atoms with van der Waals surface area (Å²) < 4.78 is 5.54. The molecule has 2 N–H and O–H groups in total. The Morgan fingerprint density at radius 1 is 1.22 bits per heavy atom. The average Bonchev–Trinajstić information content (AvgIpc) is 2.42. The minimum absolute atomic E-state index is 0.384. The van der Waals surface area contributed by atoms with Crippen LogP contribution in [0.25, 0.3) is 0 Å². The summed E-state index contributed by atoms with van der Waals surface area (Å²) in [6.07, 6.45) is 2.29. The van der Waals surface area contributed by atoms with Crippen LogP contribution < -0.4 is 10.5 Å². The Morgan fingerprint density at radius 3 is 2.72 bits per heavy atom. The summed E-state index contributed by atoms with van der Waals surface area (Å²) in [4.78, 5) is 3.93. The molecule has 0 unspecified atom stereocenters. The molecule has 0 amide bonds. The Bertz CT molecular complexity index is 558. The number of nitriles is 1. The van der Waals surface area contributed by atoms with Gasteiger partial charge in [-0.15, -0.1) is 0 Å². The molecule has 0 aliphatic carbocycles. The number of benzene rings is 1. The monoisotopic (exact) mass is 239 g/mol. The van der Waals surface area contributed by atoms with Crippen molar-refractivity contribution in [3.8, 4) is 11.8 Å². The van der Waals surface area contributed by atoms with Gasteiger partial charge < -0.3 is 10.5 Å². The Balaban J connectivity index is 1.89. The van der Waals surface area contributed by atoms with E-state index in [1.54, 1.807) is 18.3 Å². The molecule has 18 heavy (non-hydrogen) atoms. The van der Waals surface area contributed by atoms with Gasteiger partial charge in [0.1, 0.15) is 17.5 Å². The van der Waals surface area contributed by atoms with Crippen LogP contribution in [0.3, 0.4) is 0 Å². The predicted octanol–water partition coefficient (Wildman–Crippen LogP) is 2.16. The molecular weight excluding hydrogens is 226 g/mol. The number of pyridine rings is 1. The third-order valence-electron chi connectivity index (χ3n) is 2.55. The molecule has 0 saturated heterocycles. The van der Waals surface area contributed by atoms with Gasteiger partial charge in [0.25, 0.3) is 0 Å². The van der Waals surface area contributed by atoms with Crippen LogP contribution in [0.1, 0.15) is 11.3 Å². The van der Waals surface area contributed by atoms with Gasteiger partial charge in [0, 0.05) is 12.1 Å². The van der Waals surface area contributed by atoms with E-state index in [1.165, 1.54) is 0 Å². The van der Waals surface area contributed by atoms with Gasteiger partial charge in [-0.1, -0.05) is 18.2 Å². The molecule has 0 spiro atoms. The van der Waals surface area contributed by atoms with E-state index in [0.717, 1.165) is 17.7 Å². The fraction of sp³-hybridized carbons (Fsp3) is 0.143. The van der Waals surface area contributed by atoms with Crippen LogP contribution in [0.15, 0.2) is 42.6 Å². The normalized spacial score (nSPS) is 9.72. The van der Waals surface area contributed by atoms with Crippen molar-refractivity contribution in [1.29, 1.82) is 5.26 Å². The second kappa shape index (κ2) is 5.69. The molecule has 1 heterocycles. The lowest BCUT2D eigenvalue weighted by Gasteiger charge is -2.07. The van der Waals surface area contributed by atoms with Crippen molar-refractivity contribution in [2.45, 2.75) is 6.42 Å². The second-order valence-electron chi connectivity index (χ2n) is 3.79. The molecule has 0 fully saturated rings. The minimum atomic E-state index is 0.384. The zero-order valence-electron chi connectivity index (χ0n) is 9.84. The highest BCUT2D eigenvalue weighted by molar-refractivity contribution is 5.46. The summed E-state index contributed by atoms with van der Waals surface area (Å²) in [5.41, 5.74) is 8.06. The molecule has 1 aromatic heterocycles. The van der Waals surface area contributed by atoms with Crippen LogP contribution in [0.2, 0.25) is 0 Å². The maximum Gasteiger partial charge on any atom is 0.140 e. The highest BCUT2D eigenvalue weighted by Gasteiger charge is 1.99. The van der Waals surface area contributed by atoms with Crippen LogP contribution in [-0.4, -0.2) is 11.6 Å². The molecule has 0 saturated carbocycles. The van der Waals surface area contributed by atoms with Crippen molar-refractivity contribution < 1.29 is 4.74 Å². The summed E-state index contributed by atoms with van der Waals surface area (Å²) in [6, 6.07) is 13.0. The van der Waals surface area contributed by atoms with Gasteiger partial charge in [-0.2, -0.15) is 5.26 Å². The molecule has 0 aliphatic rings. The number of hydrogen-bond acceptors (Lipinski definition) is 4. The number of nitrogen functional groups attached to an aromatic ring is 1. The summed E-state index contributed by atoms with van der Waals surface area (Å²) in [7, 11) is 0. The Kier molecular flexibility index (Phi) is 3.77. The van der Waals surface area contributed by atoms with Gasteiger partial charge in [0.05, 0.1) is 12.8 Å². The number of ether oxygens (including phenoxy) is 1. The molecule has 2 aromatic rings. The first-order chi connectivity index (χ1) is 8.79. The maximum absolute atomic E-state index is 8.62. The summed E-state index contributed by atoms with van der Waals surface area (Å²) in [5.74, 6) is 0.656. The Labute approximate surface area is 106 Å². The van der Waals surface area contributed by atoms with Crippen molar-refractivity contribution in [3.05, 3.63) is 53.9 Å². The van der Waals surface area contributed by atoms with E-state index in [2.05, 4.69) is 4.98 Å².